The van der Waals surface area contributed by atoms with Gasteiger partial charge in [-0.05, 0) is 47.8 Å². The van der Waals surface area contributed by atoms with E-state index in [4.69, 9.17) is 4.74 Å². The third kappa shape index (κ3) is 1.74. The molecule has 0 saturated carbocycles. The van der Waals surface area contributed by atoms with Crippen molar-refractivity contribution >= 4 is 11.4 Å². The highest BCUT2D eigenvalue weighted by Crippen LogP contribution is 2.52. The lowest BCUT2D eigenvalue weighted by molar-refractivity contribution is -0.121. The van der Waals surface area contributed by atoms with E-state index < -0.39 is 0 Å². The lowest BCUT2D eigenvalue weighted by Gasteiger charge is -2.39. The Hall–Kier alpha value is -1.93. The molecule has 1 fully saturated rings. The van der Waals surface area contributed by atoms with E-state index in [0.29, 0.717) is 6.61 Å². The maximum atomic E-state index is 12.5. The Morgan fingerprint density at radius 3 is 2.77 bits per heavy atom. The van der Waals surface area contributed by atoms with Crippen LogP contribution in [0.5, 0.6) is 0 Å². The molecular weight excluding hydrogens is 272 g/mol. The highest BCUT2D eigenvalue weighted by Gasteiger charge is 2.53. The van der Waals surface area contributed by atoms with Gasteiger partial charge in [0.05, 0.1) is 18.1 Å². The van der Waals surface area contributed by atoms with E-state index in [0.717, 1.165) is 6.42 Å². The Kier molecular flexibility index (Phi) is 2.98. The quantitative estimate of drug-likeness (QED) is 0.825. The number of carbonyl (C=O) groups is 1. The molecule has 0 amide bonds. The second-order valence-corrected chi connectivity index (χ2v) is 6.43. The van der Waals surface area contributed by atoms with Crippen molar-refractivity contribution in [1.82, 2.24) is 0 Å². The van der Waals surface area contributed by atoms with Gasteiger partial charge in [-0.25, -0.2) is 0 Å². The second kappa shape index (κ2) is 4.79. The first-order valence-corrected chi connectivity index (χ1v) is 8.00. The van der Waals surface area contributed by atoms with Crippen LogP contribution in [0.1, 0.15) is 25.8 Å². The minimum Gasteiger partial charge on any atom is -0.366 e. The van der Waals surface area contributed by atoms with Crippen LogP contribution >= 0.6 is 0 Å². The van der Waals surface area contributed by atoms with E-state index in [1.54, 1.807) is 6.08 Å². The highest BCUT2D eigenvalue weighted by atomic mass is 16.5. The molecule has 4 rings (SSSR count). The van der Waals surface area contributed by atoms with Crippen molar-refractivity contribution in [3.8, 4) is 0 Å². The van der Waals surface area contributed by atoms with Gasteiger partial charge in [-0.2, -0.15) is 0 Å². The zero-order valence-electron chi connectivity index (χ0n) is 13.0. The molecule has 0 unspecified atom stereocenters. The monoisotopic (exact) mass is 292 g/mol. The lowest BCUT2D eigenvalue weighted by Crippen LogP contribution is -2.43. The Morgan fingerprint density at radius 2 is 2.05 bits per heavy atom. The minimum atomic E-state index is -0.284. The fraction of sp³-hybridized carbons (Fsp3) is 0.350. The zero-order valence-corrected chi connectivity index (χ0v) is 13.0. The van der Waals surface area contributed by atoms with E-state index in [9.17, 15) is 4.79 Å². The summed E-state index contributed by atoms with van der Waals surface area (Å²) in [5.41, 5.74) is 4.68. The van der Waals surface area contributed by atoms with Crippen molar-refractivity contribution in [2.45, 2.75) is 25.9 Å². The van der Waals surface area contributed by atoms with Gasteiger partial charge in [0, 0.05) is 5.92 Å². The predicted molar refractivity (Wildman–Crippen MR) is 87.2 cm³/mol. The van der Waals surface area contributed by atoms with Crippen LogP contribution in [0.2, 0.25) is 0 Å². The summed E-state index contributed by atoms with van der Waals surface area (Å²) in [4.78, 5) is 12.5. The molecule has 0 radical (unpaired) electrons. The standard InChI is InChI=1S/C20H20O2/c1-3-20-10-9-18(21)16-11-15(14-7-5-4-6-8-14)13(2)17(12-22-20)19(16)20/h4-11,16,19H,3,12H2,1-2H3/t16-,19+,20+/m1/s1. The van der Waals surface area contributed by atoms with Crippen LogP contribution in [0, 0.1) is 11.8 Å². The molecule has 0 spiro atoms. The molecule has 2 nitrogen and oxygen atoms in total. The number of allylic oxidation sites excluding steroid dienone is 4. The molecule has 3 aliphatic rings. The molecule has 112 valence electrons. The van der Waals surface area contributed by atoms with Gasteiger partial charge in [-0.1, -0.05) is 43.3 Å². The van der Waals surface area contributed by atoms with Crippen molar-refractivity contribution in [3.63, 3.8) is 0 Å². The van der Waals surface area contributed by atoms with E-state index in [-0.39, 0.29) is 23.2 Å². The number of rotatable bonds is 2. The first-order chi connectivity index (χ1) is 10.7. The molecule has 1 heterocycles. The molecular formula is C20H20O2. The molecule has 0 bridgehead atoms. The third-order valence-electron chi connectivity index (χ3n) is 5.48. The summed E-state index contributed by atoms with van der Waals surface area (Å²) in [6.45, 7) is 4.96. The molecule has 3 atom stereocenters. The minimum absolute atomic E-state index is 0.0821. The molecule has 1 aromatic rings. The predicted octanol–water partition coefficient (Wildman–Crippen LogP) is 3.95. The number of carbonyl (C=O) groups excluding carboxylic acids is 1. The number of ether oxygens (including phenoxy) is 1. The summed E-state index contributed by atoms with van der Waals surface area (Å²) in [6, 6.07) is 10.3. The third-order valence-corrected chi connectivity index (χ3v) is 5.48. The van der Waals surface area contributed by atoms with Crippen LogP contribution in [-0.2, 0) is 9.53 Å². The molecule has 22 heavy (non-hydrogen) atoms. The normalized spacial score (nSPS) is 33.0. The number of hydrogen-bond donors (Lipinski definition) is 0. The average Bonchev–Trinajstić information content (AvgIpc) is 2.95. The fourth-order valence-electron chi connectivity index (χ4n) is 4.23. The van der Waals surface area contributed by atoms with Gasteiger partial charge in [-0.15, -0.1) is 0 Å². The number of ketones is 1. The molecule has 1 aromatic carbocycles. The Bertz CT molecular complexity index is 723. The average molecular weight is 292 g/mol. The van der Waals surface area contributed by atoms with Crippen molar-refractivity contribution in [3.05, 3.63) is 65.3 Å². The van der Waals surface area contributed by atoms with Crippen molar-refractivity contribution in [2.75, 3.05) is 6.61 Å². The number of benzene rings is 1. The van der Waals surface area contributed by atoms with Crippen LogP contribution in [0.25, 0.3) is 5.57 Å². The second-order valence-electron chi connectivity index (χ2n) is 6.43. The largest absolute Gasteiger partial charge is 0.366 e. The Balaban J connectivity index is 1.89. The summed E-state index contributed by atoms with van der Waals surface area (Å²) in [6.07, 6.45) is 6.80. The highest BCUT2D eigenvalue weighted by molar-refractivity contribution is 5.98. The summed E-state index contributed by atoms with van der Waals surface area (Å²) in [7, 11) is 0. The van der Waals surface area contributed by atoms with E-state index >= 15 is 0 Å². The Morgan fingerprint density at radius 1 is 1.27 bits per heavy atom. The molecule has 1 aliphatic heterocycles. The first kappa shape index (κ1) is 13.7. The lowest BCUT2D eigenvalue weighted by atomic mass is 9.64. The molecule has 2 heteroatoms. The van der Waals surface area contributed by atoms with Gasteiger partial charge in [-0.3, -0.25) is 4.79 Å². The fourth-order valence-corrected chi connectivity index (χ4v) is 4.23. The van der Waals surface area contributed by atoms with Gasteiger partial charge in [0.1, 0.15) is 0 Å². The van der Waals surface area contributed by atoms with Crippen molar-refractivity contribution in [2.24, 2.45) is 11.8 Å². The van der Waals surface area contributed by atoms with E-state index in [1.165, 1.54) is 22.3 Å². The van der Waals surface area contributed by atoms with Crippen molar-refractivity contribution in [1.29, 1.82) is 0 Å². The molecule has 2 aliphatic carbocycles. The van der Waals surface area contributed by atoms with Crippen molar-refractivity contribution < 1.29 is 9.53 Å². The van der Waals surface area contributed by atoms with Crippen LogP contribution in [-0.4, -0.2) is 18.0 Å². The van der Waals surface area contributed by atoms with Crippen LogP contribution in [0.15, 0.2) is 59.7 Å². The van der Waals surface area contributed by atoms with Crippen LogP contribution < -0.4 is 0 Å². The smallest absolute Gasteiger partial charge is 0.163 e. The van der Waals surface area contributed by atoms with Crippen LogP contribution in [0.3, 0.4) is 0 Å². The van der Waals surface area contributed by atoms with Crippen LogP contribution in [0.4, 0.5) is 0 Å². The van der Waals surface area contributed by atoms with Gasteiger partial charge >= 0.3 is 0 Å². The van der Waals surface area contributed by atoms with E-state index in [2.05, 4.69) is 32.1 Å². The Labute approximate surface area is 131 Å². The summed E-state index contributed by atoms with van der Waals surface area (Å²) < 4.78 is 6.18. The maximum Gasteiger partial charge on any atom is 0.163 e. The van der Waals surface area contributed by atoms with Gasteiger partial charge < -0.3 is 4.74 Å². The zero-order chi connectivity index (χ0) is 15.3. The van der Waals surface area contributed by atoms with Gasteiger partial charge in [0.25, 0.3) is 0 Å². The molecule has 0 N–H and O–H groups in total. The van der Waals surface area contributed by atoms with E-state index in [1.807, 2.05) is 24.3 Å². The topological polar surface area (TPSA) is 26.3 Å². The SMILES string of the molecule is CC[C@@]12C=CC(=O)[C@H]3C=C(c4ccccc4)C(C)=C(CO1)[C@H]32. The molecule has 1 saturated heterocycles. The van der Waals surface area contributed by atoms with Gasteiger partial charge in [0.15, 0.2) is 5.78 Å². The summed E-state index contributed by atoms with van der Waals surface area (Å²) >= 11 is 0. The number of hydrogen-bond acceptors (Lipinski definition) is 2. The summed E-state index contributed by atoms with van der Waals surface area (Å²) in [5.74, 6) is 0.307. The first-order valence-electron chi connectivity index (χ1n) is 8.00. The molecule has 0 aromatic heterocycles. The van der Waals surface area contributed by atoms with Gasteiger partial charge in [0.2, 0.25) is 0 Å². The summed E-state index contributed by atoms with van der Waals surface area (Å²) in [5, 5.41) is 0. The maximum absolute atomic E-state index is 12.5.